The van der Waals surface area contributed by atoms with E-state index in [1.54, 1.807) is 25.2 Å². The summed E-state index contributed by atoms with van der Waals surface area (Å²) in [6.45, 7) is 0. The molecule has 2 heterocycles. The van der Waals surface area contributed by atoms with Crippen molar-refractivity contribution in [3.8, 4) is 11.4 Å². The molecule has 0 saturated heterocycles. The number of hydrogen-bond donors (Lipinski definition) is 0. The van der Waals surface area contributed by atoms with Gasteiger partial charge < -0.3 is 4.57 Å². The van der Waals surface area contributed by atoms with Gasteiger partial charge >= 0.3 is 5.69 Å². The van der Waals surface area contributed by atoms with Gasteiger partial charge in [0.05, 0.1) is 27.3 Å². The molecule has 0 amide bonds. The van der Waals surface area contributed by atoms with Crippen LogP contribution in [0.4, 0.5) is 11.4 Å². The minimum absolute atomic E-state index is 0. The first-order chi connectivity index (χ1) is 11.9. The van der Waals surface area contributed by atoms with Gasteiger partial charge in [0.1, 0.15) is 0 Å². The molecule has 10 heteroatoms. The van der Waals surface area contributed by atoms with Crippen LogP contribution in [0.5, 0.6) is 0 Å². The standard InChI is InChI=1S/C16H9ClN4O4.ClH/c1-19-13-3-2-9(17)4-8(13)5-12-16(19)11-6-10(20(22)23)7-14(21(24)25)15(11)18-12;/h2-7H,1H3;1H. The summed E-state index contributed by atoms with van der Waals surface area (Å²) in [7, 11) is 1.78. The summed E-state index contributed by atoms with van der Waals surface area (Å²) in [5.74, 6) is 0. The highest BCUT2D eigenvalue weighted by Crippen LogP contribution is 2.40. The Morgan fingerprint density at radius 2 is 1.81 bits per heavy atom. The van der Waals surface area contributed by atoms with E-state index in [0.717, 1.165) is 17.0 Å². The van der Waals surface area contributed by atoms with Gasteiger partial charge in [-0.25, -0.2) is 4.98 Å². The van der Waals surface area contributed by atoms with Crippen molar-refractivity contribution in [3.05, 3.63) is 61.6 Å². The van der Waals surface area contributed by atoms with Gasteiger partial charge in [0.15, 0.2) is 5.52 Å². The average molecular weight is 393 g/mol. The lowest BCUT2D eigenvalue weighted by Crippen LogP contribution is -1.99. The first-order valence-electron chi connectivity index (χ1n) is 7.18. The number of aromatic nitrogens is 2. The number of non-ortho nitro benzene ring substituents is 2. The summed E-state index contributed by atoms with van der Waals surface area (Å²) < 4.78 is 1.81. The predicted molar refractivity (Wildman–Crippen MR) is 100 cm³/mol. The van der Waals surface area contributed by atoms with Crippen molar-refractivity contribution in [1.82, 2.24) is 9.55 Å². The fraction of sp³-hybridized carbons (Fsp3) is 0.0625. The number of halogens is 2. The van der Waals surface area contributed by atoms with Crippen LogP contribution in [-0.2, 0) is 7.05 Å². The van der Waals surface area contributed by atoms with Crippen molar-refractivity contribution in [2.24, 2.45) is 7.05 Å². The zero-order valence-electron chi connectivity index (χ0n) is 13.2. The molecule has 0 aliphatic carbocycles. The molecule has 0 bridgehead atoms. The molecule has 0 radical (unpaired) electrons. The van der Waals surface area contributed by atoms with Crippen LogP contribution in [0.2, 0.25) is 5.02 Å². The summed E-state index contributed by atoms with van der Waals surface area (Å²) >= 11 is 6.03. The third-order valence-corrected chi connectivity index (χ3v) is 4.43. The van der Waals surface area contributed by atoms with E-state index in [2.05, 4.69) is 4.98 Å². The molecule has 0 spiro atoms. The number of nitrogens with zero attached hydrogens (tertiary/aromatic N) is 4. The average Bonchev–Trinajstić information content (AvgIpc) is 2.91. The van der Waals surface area contributed by atoms with Crippen LogP contribution in [-0.4, -0.2) is 19.4 Å². The van der Waals surface area contributed by atoms with Crippen LogP contribution in [0.1, 0.15) is 0 Å². The number of fused-ring (bicyclic) bond motifs is 4. The second-order valence-corrected chi connectivity index (χ2v) is 6.06. The van der Waals surface area contributed by atoms with E-state index in [0.29, 0.717) is 21.8 Å². The highest BCUT2D eigenvalue weighted by atomic mass is 35.5. The SMILES string of the molecule is Cl.Cn1c2c3cc([N+](=O)[O-])cc([N+](=O)[O-])c3nc-2cc2cc(Cl)ccc21. The molecule has 132 valence electrons. The molecule has 0 aromatic heterocycles. The van der Waals surface area contributed by atoms with E-state index in [9.17, 15) is 20.2 Å². The van der Waals surface area contributed by atoms with Crippen molar-refractivity contribution in [2.45, 2.75) is 0 Å². The van der Waals surface area contributed by atoms with Crippen LogP contribution >= 0.6 is 24.0 Å². The van der Waals surface area contributed by atoms with Gasteiger partial charge in [-0.3, -0.25) is 20.2 Å². The molecule has 2 aliphatic heterocycles. The number of pyridine rings is 1. The molecule has 2 aliphatic rings. The number of hydrogen-bond acceptors (Lipinski definition) is 5. The maximum Gasteiger partial charge on any atom is 0.302 e. The maximum absolute atomic E-state index is 11.3. The second-order valence-electron chi connectivity index (χ2n) is 5.63. The van der Waals surface area contributed by atoms with Gasteiger partial charge in [0.25, 0.3) is 5.69 Å². The topological polar surface area (TPSA) is 104 Å². The molecule has 26 heavy (non-hydrogen) atoms. The van der Waals surface area contributed by atoms with E-state index in [-0.39, 0.29) is 29.3 Å². The highest BCUT2D eigenvalue weighted by Gasteiger charge is 2.27. The Bertz CT molecular complexity index is 1190. The molecular formula is C16H10Cl2N4O4. The zero-order valence-corrected chi connectivity index (χ0v) is 14.7. The minimum atomic E-state index is -0.655. The Hall–Kier alpha value is -2.97. The first-order valence-corrected chi connectivity index (χ1v) is 7.56. The summed E-state index contributed by atoms with van der Waals surface area (Å²) in [5.41, 5.74) is 1.34. The Balaban J connectivity index is 0.00000196. The number of nitro benzene ring substituents is 2. The number of nitro groups is 2. The van der Waals surface area contributed by atoms with Gasteiger partial charge in [-0.2, -0.15) is 0 Å². The molecule has 8 nitrogen and oxygen atoms in total. The third kappa shape index (κ3) is 2.51. The monoisotopic (exact) mass is 392 g/mol. The summed E-state index contributed by atoms with van der Waals surface area (Å²) in [5, 5.41) is 24.3. The predicted octanol–water partition coefficient (Wildman–Crippen LogP) is 4.72. The summed E-state index contributed by atoms with van der Waals surface area (Å²) in [4.78, 5) is 25.5. The molecule has 2 aromatic carbocycles. The second kappa shape index (κ2) is 6.08. The van der Waals surface area contributed by atoms with E-state index in [1.807, 2.05) is 10.6 Å². The molecule has 0 fully saturated rings. The molecule has 0 atom stereocenters. The Morgan fingerprint density at radius 3 is 2.46 bits per heavy atom. The highest BCUT2D eigenvalue weighted by molar-refractivity contribution is 6.31. The number of benzene rings is 2. The van der Waals surface area contributed by atoms with Crippen LogP contribution in [0.3, 0.4) is 0 Å². The molecule has 4 rings (SSSR count). The van der Waals surface area contributed by atoms with Crippen LogP contribution in [0, 0.1) is 20.2 Å². The van der Waals surface area contributed by atoms with Crippen LogP contribution in [0.15, 0.2) is 36.4 Å². The quantitative estimate of drug-likeness (QED) is 0.362. The normalized spacial score (nSPS) is 11.0. The lowest BCUT2D eigenvalue weighted by atomic mass is 10.1. The van der Waals surface area contributed by atoms with Gasteiger partial charge in [-0.05, 0) is 24.3 Å². The Morgan fingerprint density at radius 1 is 1.08 bits per heavy atom. The fourth-order valence-electron chi connectivity index (χ4n) is 3.13. The van der Waals surface area contributed by atoms with Crippen LogP contribution in [0.25, 0.3) is 33.2 Å². The number of aryl methyl sites for hydroxylation is 1. The van der Waals surface area contributed by atoms with Crippen molar-refractivity contribution in [3.63, 3.8) is 0 Å². The molecule has 0 N–H and O–H groups in total. The molecule has 0 unspecified atom stereocenters. The lowest BCUT2D eigenvalue weighted by molar-refractivity contribution is -0.393. The van der Waals surface area contributed by atoms with E-state index in [4.69, 9.17) is 11.6 Å². The molecule has 0 saturated carbocycles. The van der Waals surface area contributed by atoms with Crippen molar-refractivity contribution >= 4 is 57.2 Å². The summed E-state index contributed by atoms with van der Waals surface area (Å²) in [6.07, 6.45) is 0. The molecule has 2 aromatic rings. The lowest BCUT2D eigenvalue weighted by Gasteiger charge is -2.12. The Kier molecular flexibility index (Phi) is 4.17. The Labute approximate surface area is 157 Å². The van der Waals surface area contributed by atoms with Crippen molar-refractivity contribution in [2.75, 3.05) is 0 Å². The van der Waals surface area contributed by atoms with E-state index < -0.39 is 9.85 Å². The largest absolute Gasteiger partial charge is 0.342 e. The van der Waals surface area contributed by atoms with Gasteiger partial charge in [0.2, 0.25) is 0 Å². The third-order valence-electron chi connectivity index (χ3n) is 4.19. The van der Waals surface area contributed by atoms with Crippen LogP contribution < -0.4 is 0 Å². The smallest absolute Gasteiger partial charge is 0.302 e. The van der Waals surface area contributed by atoms with Crippen molar-refractivity contribution in [1.29, 1.82) is 0 Å². The van der Waals surface area contributed by atoms with Gasteiger partial charge in [-0.1, -0.05) is 11.6 Å². The van der Waals surface area contributed by atoms with Gasteiger partial charge in [-0.15, -0.1) is 12.4 Å². The minimum Gasteiger partial charge on any atom is -0.342 e. The maximum atomic E-state index is 11.3. The zero-order chi connectivity index (χ0) is 17.9. The van der Waals surface area contributed by atoms with Gasteiger partial charge in [0, 0.05) is 34.4 Å². The van der Waals surface area contributed by atoms with E-state index in [1.165, 1.54) is 6.07 Å². The summed E-state index contributed by atoms with van der Waals surface area (Å²) in [6, 6.07) is 9.35. The van der Waals surface area contributed by atoms with E-state index >= 15 is 0 Å². The number of rotatable bonds is 2. The fourth-order valence-corrected chi connectivity index (χ4v) is 3.31. The molecular weight excluding hydrogens is 383 g/mol. The van der Waals surface area contributed by atoms with Crippen molar-refractivity contribution < 1.29 is 9.85 Å². The first kappa shape index (κ1) is 17.8.